The fourth-order valence-corrected chi connectivity index (χ4v) is 9.72. The van der Waals surface area contributed by atoms with Crippen LogP contribution in [0, 0.1) is 34.3 Å². The Balaban J connectivity index is 1.85. The Morgan fingerprint density at radius 2 is 1.45 bits per heavy atom. The summed E-state index contributed by atoms with van der Waals surface area (Å²) in [5.74, 6) is 0.0541. The van der Waals surface area contributed by atoms with Crippen LogP contribution in [0.15, 0.2) is 30.3 Å². The van der Waals surface area contributed by atoms with E-state index in [9.17, 15) is 9.59 Å². The summed E-state index contributed by atoms with van der Waals surface area (Å²) in [6.07, 6.45) is 3.83. The van der Waals surface area contributed by atoms with Crippen LogP contribution in [0.5, 0.6) is 0 Å². The van der Waals surface area contributed by atoms with Crippen LogP contribution in [-0.4, -0.2) is 35.5 Å². The van der Waals surface area contributed by atoms with Gasteiger partial charge in [-0.25, -0.2) is 4.85 Å². The molecule has 0 radical (unpaired) electrons. The molecule has 33 heavy (non-hydrogen) atoms. The molecule has 0 unspecified atom stereocenters. The number of carbonyl (C=O) groups excluding carboxylic acids is 2. The normalized spacial score (nSPS) is 14.3. The molecule has 2 aromatic rings. The molecule has 0 saturated heterocycles. The lowest BCUT2D eigenvalue weighted by Gasteiger charge is -2.33. The molecule has 1 saturated carbocycles. The highest BCUT2D eigenvalue weighted by atomic mass is 31.2. The Bertz CT molecular complexity index is 1080. The number of aryl methyl sites for hydroxylation is 4. The van der Waals surface area contributed by atoms with Crippen LogP contribution in [0.4, 0.5) is 17.1 Å². The largest absolute Gasteiger partial charge is 0.322 e. The number of nitrogens with zero attached hydrogens (tertiary/aromatic N) is 1. The van der Waals surface area contributed by atoms with Gasteiger partial charge in [0.1, 0.15) is 6.16 Å². The lowest BCUT2D eigenvalue weighted by Crippen LogP contribution is -2.38. The van der Waals surface area contributed by atoms with Crippen molar-refractivity contribution in [1.82, 2.24) is 0 Å². The lowest BCUT2D eigenvalue weighted by atomic mass is 10.1. The monoisotopic (exact) mass is 464 g/mol. The van der Waals surface area contributed by atoms with Gasteiger partial charge in [-0.15, -0.1) is 0 Å². The highest BCUT2D eigenvalue weighted by Gasteiger charge is 2.69. The number of anilines is 2. The molecule has 1 aliphatic carbocycles. The first-order chi connectivity index (χ1) is 15.6. The molecule has 2 N–H and O–H groups in total. The van der Waals surface area contributed by atoms with Gasteiger partial charge >= 0.3 is 0 Å². The fraction of sp³-hybridized carbons (Fsp3) is 0.444. The number of amides is 2. The van der Waals surface area contributed by atoms with E-state index < -0.39 is 12.4 Å². The molecule has 0 bridgehead atoms. The third-order valence-electron chi connectivity index (χ3n) is 7.34. The standard InChI is InChI=1S/C27H34N3O2P/c1-8-33(9-2,17-23(31)29-24-18(3)11-10-12-19(24)4)27(13-14-27)26(32)30-25-20(5)15-22(28-7)16-21(25)6/h10-12,15-16H,8-9,13-14,17H2,1-6H3,(H-,29,30,31,32)/p+1. The van der Waals surface area contributed by atoms with Gasteiger partial charge in [-0.3, -0.25) is 9.59 Å². The van der Waals surface area contributed by atoms with E-state index in [4.69, 9.17) is 6.57 Å². The van der Waals surface area contributed by atoms with E-state index in [1.165, 1.54) is 0 Å². The minimum Gasteiger partial charge on any atom is -0.322 e. The summed E-state index contributed by atoms with van der Waals surface area (Å²) in [5, 5.41) is 5.91. The van der Waals surface area contributed by atoms with E-state index in [1.807, 2.05) is 58.0 Å². The smallest absolute Gasteiger partial charge is 0.268 e. The second-order valence-electron chi connectivity index (χ2n) is 9.30. The highest BCUT2D eigenvalue weighted by Crippen LogP contribution is 2.77. The fourth-order valence-electron chi connectivity index (χ4n) is 5.14. The molecular formula is C27H35N3O2P+. The third kappa shape index (κ3) is 4.68. The predicted molar refractivity (Wildman–Crippen MR) is 140 cm³/mol. The summed E-state index contributed by atoms with van der Waals surface area (Å²) in [5.41, 5.74) is 6.15. The lowest BCUT2D eigenvalue weighted by molar-refractivity contribution is -0.116. The molecular weight excluding hydrogens is 429 g/mol. The third-order valence-corrected chi connectivity index (χ3v) is 13.1. The molecule has 1 fully saturated rings. The van der Waals surface area contributed by atoms with Crippen LogP contribution in [0.25, 0.3) is 4.85 Å². The molecule has 0 aliphatic heterocycles. The Hall–Kier alpha value is -2.70. The minimum atomic E-state index is -1.88. The van der Waals surface area contributed by atoms with Crippen molar-refractivity contribution in [3.63, 3.8) is 0 Å². The summed E-state index contributed by atoms with van der Waals surface area (Å²) in [4.78, 5) is 30.5. The second kappa shape index (κ2) is 9.65. The zero-order valence-electron chi connectivity index (χ0n) is 20.6. The van der Waals surface area contributed by atoms with E-state index in [2.05, 4.69) is 29.3 Å². The van der Waals surface area contributed by atoms with Gasteiger partial charge in [-0.1, -0.05) is 30.3 Å². The molecule has 0 aromatic heterocycles. The van der Waals surface area contributed by atoms with Crippen molar-refractivity contribution in [1.29, 1.82) is 0 Å². The van der Waals surface area contributed by atoms with Gasteiger partial charge in [0.25, 0.3) is 11.8 Å². The zero-order chi connectivity index (χ0) is 24.4. The van der Waals surface area contributed by atoms with Crippen molar-refractivity contribution < 1.29 is 9.59 Å². The van der Waals surface area contributed by atoms with Crippen molar-refractivity contribution >= 4 is 36.1 Å². The summed E-state index contributed by atoms with van der Waals surface area (Å²) in [6.45, 7) is 19.4. The SMILES string of the molecule is [C-]#[N+]c1cc(C)c(NC(=O)C2([P+](CC)(CC)CC(=O)Nc3c(C)cccc3C)CC2)c(C)c1. The van der Waals surface area contributed by atoms with Gasteiger partial charge in [0.05, 0.1) is 18.9 Å². The summed E-state index contributed by atoms with van der Waals surface area (Å²) >= 11 is 0. The molecule has 2 amide bonds. The maximum atomic E-state index is 13.7. The first kappa shape index (κ1) is 24.9. The first-order valence-electron chi connectivity index (χ1n) is 11.7. The Morgan fingerprint density at radius 3 is 1.91 bits per heavy atom. The molecule has 2 aromatic carbocycles. The number of hydrogen-bond acceptors (Lipinski definition) is 2. The maximum Gasteiger partial charge on any atom is 0.268 e. The molecule has 5 nitrogen and oxygen atoms in total. The van der Waals surface area contributed by atoms with Crippen molar-refractivity contribution in [2.45, 2.75) is 59.5 Å². The number of carbonyl (C=O) groups is 2. The van der Waals surface area contributed by atoms with Gasteiger partial charge in [0.15, 0.2) is 10.8 Å². The Labute approximate surface area is 198 Å². The second-order valence-corrected chi connectivity index (χ2v) is 14.0. The van der Waals surface area contributed by atoms with Gasteiger partial charge in [0, 0.05) is 31.5 Å². The van der Waals surface area contributed by atoms with Crippen molar-refractivity contribution in [3.8, 4) is 0 Å². The molecule has 6 heteroatoms. The minimum absolute atomic E-state index is 0.0114. The average molecular weight is 465 g/mol. The zero-order valence-corrected chi connectivity index (χ0v) is 21.5. The van der Waals surface area contributed by atoms with Crippen LogP contribution < -0.4 is 10.6 Å². The molecule has 0 heterocycles. The van der Waals surface area contributed by atoms with Crippen LogP contribution in [0.1, 0.15) is 48.9 Å². The topological polar surface area (TPSA) is 62.6 Å². The maximum absolute atomic E-state index is 13.7. The molecule has 0 atom stereocenters. The predicted octanol–water partition coefficient (Wildman–Crippen LogP) is 6.64. The molecule has 0 spiro atoms. The van der Waals surface area contributed by atoms with Crippen LogP contribution in [0.3, 0.4) is 0 Å². The van der Waals surface area contributed by atoms with E-state index in [1.54, 1.807) is 0 Å². The van der Waals surface area contributed by atoms with Gasteiger partial charge in [0.2, 0.25) is 0 Å². The van der Waals surface area contributed by atoms with Crippen LogP contribution in [0.2, 0.25) is 0 Å². The first-order valence-corrected chi connectivity index (χ1v) is 14.0. The number of para-hydroxylation sites is 1. The number of nitrogens with one attached hydrogen (secondary N) is 2. The number of hydrogen-bond donors (Lipinski definition) is 2. The summed E-state index contributed by atoms with van der Waals surface area (Å²) in [7, 11) is -1.88. The molecule has 174 valence electrons. The molecule has 1 aliphatic rings. The van der Waals surface area contributed by atoms with Gasteiger partial charge in [-0.05, 0) is 63.8 Å². The van der Waals surface area contributed by atoms with Crippen molar-refractivity contribution in [3.05, 3.63) is 64.0 Å². The Morgan fingerprint density at radius 1 is 0.939 bits per heavy atom. The summed E-state index contributed by atoms with van der Waals surface area (Å²) < 4.78 is 0. The summed E-state index contributed by atoms with van der Waals surface area (Å²) in [6, 6.07) is 9.63. The Kier molecular flexibility index (Phi) is 7.29. The van der Waals surface area contributed by atoms with Crippen LogP contribution in [-0.2, 0) is 9.59 Å². The van der Waals surface area contributed by atoms with Crippen molar-refractivity contribution in [2.75, 3.05) is 29.1 Å². The van der Waals surface area contributed by atoms with Crippen LogP contribution >= 0.6 is 7.26 Å². The highest BCUT2D eigenvalue weighted by molar-refractivity contribution is 7.79. The average Bonchev–Trinajstić information content (AvgIpc) is 3.59. The van der Waals surface area contributed by atoms with Gasteiger partial charge < -0.3 is 10.6 Å². The van der Waals surface area contributed by atoms with E-state index in [0.717, 1.165) is 58.8 Å². The molecule has 3 rings (SSSR count). The van der Waals surface area contributed by atoms with Crippen molar-refractivity contribution in [2.24, 2.45) is 0 Å². The number of benzene rings is 2. The van der Waals surface area contributed by atoms with E-state index >= 15 is 0 Å². The van der Waals surface area contributed by atoms with E-state index in [-0.39, 0.29) is 11.8 Å². The van der Waals surface area contributed by atoms with E-state index in [0.29, 0.717) is 11.8 Å². The quantitative estimate of drug-likeness (QED) is 0.340. The number of rotatable bonds is 8. The van der Waals surface area contributed by atoms with Gasteiger partial charge in [-0.2, -0.15) is 0 Å².